The molecule has 1 heterocycles. The highest BCUT2D eigenvalue weighted by atomic mass is 16.5. The number of hydrogen-bond acceptors (Lipinski definition) is 4. The molecule has 1 saturated heterocycles. The van der Waals surface area contributed by atoms with Crippen LogP contribution in [0.25, 0.3) is 0 Å². The molecule has 0 unspecified atom stereocenters. The van der Waals surface area contributed by atoms with Crippen molar-refractivity contribution < 1.29 is 9.53 Å². The molecule has 0 atom stereocenters. The standard InChI is InChI=1S/C14H29N3O2/c1-12(2)10-16-14(18)11-17-7-4-13(5-8-17)19-9-3-6-15/h12-13H,3-11,15H2,1-2H3,(H,16,18). The van der Waals surface area contributed by atoms with E-state index in [-0.39, 0.29) is 5.91 Å². The molecule has 1 rings (SSSR count). The molecular formula is C14H29N3O2. The van der Waals surface area contributed by atoms with Gasteiger partial charge in [-0.1, -0.05) is 13.8 Å². The van der Waals surface area contributed by atoms with Gasteiger partial charge in [0.25, 0.3) is 0 Å². The lowest BCUT2D eigenvalue weighted by Crippen LogP contribution is -2.43. The summed E-state index contributed by atoms with van der Waals surface area (Å²) in [7, 11) is 0. The Morgan fingerprint density at radius 3 is 2.68 bits per heavy atom. The van der Waals surface area contributed by atoms with Crippen LogP contribution in [0, 0.1) is 5.92 Å². The van der Waals surface area contributed by atoms with Crippen LogP contribution in [0.1, 0.15) is 33.1 Å². The van der Waals surface area contributed by atoms with Crippen LogP contribution in [0.3, 0.4) is 0 Å². The number of amides is 1. The molecule has 0 aromatic heterocycles. The molecule has 0 spiro atoms. The maximum Gasteiger partial charge on any atom is 0.234 e. The maximum absolute atomic E-state index is 11.7. The number of likely N-dealkylation sites (tertiary alicyclic amines) is 1. The topological polar surface area (TPSA) is 67.6 Å². The number of nitrogens with one attached hydrogen (secondary N) is 1. The van der Waals surface area contributed by atoms with E-state index in [9.17, 15) is 4.79 Å². The molecule has 1 fully saturated rings. The minimum atomic E-state index is 0.135. The molecule has 19 heavy (non-hydrogen) atoms. The molecule has 0 bridgehead atoms. The van der Waals surface area contributed by atoms with E-state index in [1.807, 2.05) is 0 Å². The van der Waals surface area contributed by atoms with Crippen LogP contribution in [-0.2, 0) is 9.53 Å². The van der Waals surface area contributed by atoms with E-state index in [2.05, 4.69) is 24.1 Å². The van der Waals surface area contributed by atoms with E-state index < -0.39 is 0 Å². The Kier molecular flexibility index (Phi) is 8.02. The van der Waals surface area contributed by atoms with Crippen molar-refractivity contribution in [3.05, 3.63) is 0 Å². The lowest BCUT2D eigenvalue weighted by molar-refractivity contribution is -0.123. The van der Waals surface area contributed by atoms with Crippen LogP contribution in [-0.4, -0.2) is 56.2 Å². The second-order valence-electron chi connectivity index (χ2n) is 5.69. The van der Waals surface area contributed by atoms with Crippen molar-refractivity contribution in [3.8, 4) is 0 Å². The highest BCUT2D eigenvalue weighted by Gasteiger charge is 2.20. The summed E-state index contributed by atoms with van der Waals surface area (Å²) in [6, 6.07) is 0. The Labute approximate surface area is 116 Å². The van der Waals surface area contributed by atoms with Gasteiger partial charge >= 0.3 is 0 Å². The minimum absolute atomic E-state index is 0.135. The van der Waals surface area contributed by atoms with E-state index >= 15 is 0 Å². The fourth-order valence-electron chi connectivity index (χ4n) is 2.14. The van der Waals surface area contributed by atoms with E-state index in [0.29, 0.717) is 25.1 Å². The van der Waals surface area contributed by atoms with Gasteiger partial charge in [-0.25, -0.2) is 0 Å². The van der Waals surface area contributed by atoms with E-state index in [4.69, 9.17) is 10.5 Å². The van der Waals surface area contributed by atoms with E-state index in [1.54, 1.807) is 0 Å². The fourth-order valence-corrected chi connectivity index (χ4v) is 2.14. The Balaban J connectivity index is 2.10. The van der Waals surface area contributed by atoms with E-state index in [0.717, 1.165) is 45.5 Å². The van der Waals surface area contributed by atoms with Crippen LogP contribution in [0.2, 0.25) is 0 Å². The number of carbonyl (C=O) groups excluding carboxylic acids is 1. The first-order valence-corrected chi connectivity index (χ1v) is 7.42. The summed E-state index contributed by atoms with van der Waals surface area (Å²) >= 11 is 0. The van der Waals surface area contributed by atoms with Crippen molar-refractivity contribution in [2.45, 2.75) is 39.2 Å². The Bertz CT molecular complexity index is 251. The Hall–Kier alpha value is -0.650. The monoisotopic (exact) mass is 271 g/mol. The molecule has 0 radical (unpaired) electrons. The first-order chi connectivity index (χ1) is 9.11. The normalized spacial score (nSPS) is 17.9. The van der Waals surface area contributed by atoms with E-state index in [1.165, 1.54) is 0 Å². The summed E-state index contributed by atoms with van der Waals surface area (Å²) in [5, 5.41) is 2.96. The number of nitrogens with zero attached hydrogens (tertiary/aromatic N) is 1. The minimum Gasteiger partial charge on any atom is -0.378 e. The summed E-state index contributed by atoms with van der Waals surface area (Å²) in [5.74, 6) is 0.641. The molecule has 1 aliphatic heterocycles. The van der Waals surface area contributed by atoms with Crippen molar-refractivity contribution in [3.63, 3.8) is 0 Å². The van der Waals surface area contributed by atoms with Crippen LogP contribution in [0.15, 0.2) is 0 Å². The van der Waals surface area contributed by atoms with Crippen LogP contribution >= 0.6 is 0 Å². The van der Waals surface area contributed by atoms with Gasteiger partial charge < -0.3 is 15.8 Å². The lowest BCUT2D eigenvalue weighted by Gasteiger charge is -2.31. The lowest BCUT2D eigenvalue weighted by atomic mass is 10.1. The summed E-state index contributed by atoms with van der Waals surface area (Å²) in [4.78, 5) is 13.9. The zero-order chi connectivity index (χ0) is 14.1. The number of piperidine rings is 1. The van der Waals surface area contributed by atoms with Gasteiger partial charge in [0.05, 0.1) is 12.6 Å². The number of ether oxygens (including phenoxy) is 1. The molecule has 0 aromatic carbocycles. The SMILES string of the molecule is CC(C)CNC(=O)CN1CCC(OCCCN)CC1. The second-order valence-corrected chi connectivity index (χ2v) is 5.69. The Morgan fingerprint density at radius 1 is 1.42 bits per heavy atom. The van der Waals surface area contributed by atoms with Crippen molar-refractivity contribution in [2.24, 2.45) is 11.7 Å². The molecular weight excluding hydrogens is 242 g/mol. The third-order valence-corrected chi connectivity index (χ3v) is 3.31. The molecule has 5 heteroatoms. The van der Waals surface area contributed by atoms with Crippen LogP contribution in [0.4, 0.5) is 0 Å². The first-order valence-electron chi connectivity index (χ1n) is 7.42. The number of nitrogens with two attached hydrogens (primary N) is 1. The molecule has 0 aliphatic carbocycles. The summed E-state index contributed by atoms with van der Waals surface area (Å²) in [5.41, 5.74) is 5.44. The average Bonchev–Trinajstić information content (AvgIpc) is 2.39. The molecule has 0 aromatic rings. The van der Waals surface area contributed by atoms with Crippen molar-refractivity contribution in [1.29, 1.82) is 0 Å². The summed E-state index contributed by atoms with van der Waals surface area (Å²) in [6.45, 7) is 8.82. The molecule has 112 valence electrons. The van der Waals surface area contributed by atoms with Gasteiger partial charge in [0.1, 0.15) is 0 Å². The quantitative estimate of drug-likeness (QED) is 0.634. The largest absolute Gasteiger partial charge is 0.378 e. The van der Waals surface area contributed by atoms with Crippen molar-refractivity contribution in [2.75, 3.05) is 39.3 Å². The predicted octanol–water partition coefficient (Wildman–Crippen LogP) is 0.588. The maximum atomic E-state index is 11.7. The number of rotatable bonds is 8. The molecule has 5 nitrogen and oxygen atoms in total. The van der Waals surface area contributed by atoms with Crippen molar-refractivity contribution in [1.82, 2.24) is 10.2 Å². The zero-order valence-electron chi connectivity index (χ0n) is 12.4. The molecule has 1 aliphatic rings. The summed E-state index contributed by atoms with van der Waals surface area (Å²) in [6.07, 6.45) is 3.31. The van der Waals surface area contributed by atoms with Crippen molar-refractivity contribution >= 4 is 5.91 Å². The number of hydrogen-bond donors (Lipinski definition) is 2. The molecule has 0 saturated carbocycles. The number of carbonyl (C=O) groups is 1. The smallest absolute Gasteiger partial charge is 0.234 e. The van der Waals surface area contributed by atoms with Crippen LogP contribution < -0.4 is 11.1 Å². The Morgan fingerprint density at radius 2 is 2.11 bits per heavy atom. The van der Waals surface area contributed by atoms with Gasteiger partial charge in [-0.15, -0.1) is 0 Å². The predicted molar refractivity (Wildman–Crippen MR) is 76.9 cm³/mol. The van der Waals surface area contributed by atoms with Gasteiger partial charge in [-0.2, -0.15) is 0 Å². The van der Waals surface area contributed by atoms with Gasteiger partial charge in [-0.05, 0) is 31.7 Å². The summed E-state index contributed by atoms with van der Waals surface area (Å²) < 4.78 is 5.75. The fraction of sp³-hybridized carbons (Fsp3) is 0.929. The zero-order valence-corrected chi connectivity index (χ0v) is 12.4. The third kappa shape index (κ3) is 7.50. The highest BCUT2D eigenvalue weighted by molar-refractivity contribution is 5.78. The average molecular weight is 271 g/mol. The second kappa shape index (κ2) is 9.28. The molecule has 1 amide bonds. The van der Waals surface area contributed by atoms with Gasteiger partial charge in [-0.3, -0.25) is 9.69 Å². The van der Waals surface area contributed by atoms with Gasteiger partial charge in [0.15, 0.2) is 0 Å². The third-order valence-electron chi connectivity index (χ3n) is 3.31. The first kappa shape index (κ1) is 16.4. The van der Waals surface area contributed by atoms with Crippen LogP contribution in [0.5, 0.6) is 0 Å². The van der Waals surface area contributed by atoms with Gasteiger partial charge in [0, 0.05) is 26.2 Å². The van der Waals surface area contributed by atoms with Gasteiger partial charge in [0.2, 0.25) is 5.91 Å². The molecule has 3 N–H and O–H groups in total. The highest BCUT2D eigenvalue weighted by Crippen LogP contribution is 2.13.